The van der Waals surface area contributed by atoms with Crippen LogP contribution < -0.4 is 9.64 Å². The Balaban J connectivity index is 1.33. The Morgan fingerprint density at radius 2 is 1.80 bits per heavy atom. The van der Waals surface area contributed by atoms with Gasteiger partial charge in [-0.2, -0.15) is 10.4 Å². The average molecular weight is 599 g/mol. The number of aliphatic carboxylic acids is 1. The first-order valence-corrected chi connectivity index (χ1v) is 15.7. The van der Waals surface area contributed by atoms with Gasteiger partial charge in [-0.3, -0.25) is 19.2 Å². The first-order valence-electron chi connectivity index (χ1n) is 15.7. The minimum absolute atomic E-state index is 0.0823. The van der Waals surface area contributed by atoms with Crippen LogP contribution in [0.3, 0.4) is 0 Å². The Morgan fingerprint density at radius 1 is 1.07 bits per heavy atom. The van der Waals surface area contributed by atoms with Gasteiger partial charge in [0.05, 0.1) is 13.3 Å². The van der Waals surface area contributed by atoms with Gasteiger partial charge in [-0.05, 0) is 107 Å². The standard InChI is InChI=1S/C34H42N6O4/c1-22(2)40-21-28(19-37-40)27-14-15-36-32(17-27)39(34(43)26-10-4-23(5-11-26)16-33(41)42)20-24-6-8-25(9-7-24)29-12-13-31(44-3)30(18-35)38-29/h12-15,17,19,21-26H,4-11,16,20H2,1-3H3,(H,41,42). The lowest BCUT2D eigenvalue weighted by molar-refractivity contribution is -0.138. The monoisotopic (exact) mass is 598 g/mol. The van der Waals surface area contributed by atoms with Crippen LogP contribution in [0.1, 0.15) is 95.0 Å². The van der Waals surface area contributed by atoms with Crippen LogP contribution in [0.25, 0.3) is 11.1 Å². The van der Waals surface area contributed by atoms with Crippen molar-refractivity contribution in [2.24, 2.45) is 17.8 Å². The molecule has 0 radical (unpaired) electrons. The maximum atomic E-state index is 14.2. The second-order valence-electron chi connectivity index (χ2n) is 12.6. The molecule has 3 heterocycles. The molecule has 0 saturated heterocycles. The minimum Gasteiger partial charge on any atom is -0.494 e. The maximum Gasteiger partial charge on any atom is 0.303 e. The molecule has 1 amide bonds. The molecule has 0 unspecified atom stereocenters. The molecule has 2 aliphatic carbocycles. The molecule has 2 aliphatic rings. The largest absolute Gasteiger partial charge is 0.494 e. The van der Waals surface area contributed by atoms with E-state index >= 15 is 0 Å². The number of nitriles is 1. The van der Waals surface area contributed by atoms with Crippen molar-refractivity contribution in [2.45, 2.75) is 83.6 Å². The third-order valence-corrected chi connectivity index (χ3v) is 9.32. The number of hydrogen-bond donors (Lipinski definition) is 1. The summed E-state index contributed by atoms with van der Waals surface area (Å²) in [7, 11) is 1.54. The molecular weight excluding hydrogens is 556 g/mol. The molecule has 232 valence electrons. The van der Waals surface area contributed by atoms with Crippen molar-refractivity contribution >= 4 is 17.7 Å². The number of carboxylic acids is 1. The van der Waals surface area contributed by atoms with Crippen molar-refractivity contribution in [2.75, 3.05) is 18.6 Å². The number of carboxylic acid groups (broad SMARTS) is 1. The zero-order chi connectivity index (χ0) is 31.2. The van der Waals surface area contributed by atoms with Gasteiger partial charge in [-0.15, -0.1) is 0 Å². The Morgan fingerprint density at radius 3 is 2.43 bits per heavy atom. The van der Waals surface area contributed by atoms with Crippen molar-refractivity contribution in [1.82, 2.24) is 19.7 Å². The van der Waals surface area contributed by atoms with Crippen molar-refractivity contribution in [3.05, 3.63) is 54.2 Å². The zero-order valence-electron chi connectivity index (χ0n) is 25.9. The van der Waals surface area contributed by atoms with E-state index in [1.54, 1.807) is 13.3 Å². The molecule has 0 aromatic carbocycles. The van der Waals surface area contributed by atoms with E-state index in [1.807, 2.05) is 46.2 Å². The number of nitrogens with zero attached hydrogens (tertiary/aromatic N) is 6. The number of carbonyl (C=O) groups excluding carboxylic acids is 1. The number of pyridine rings is 2. The Hall–Kier alpha value is -4.26. The molecule has 44 heavy (non-hydrogen) atoms. The number of hydrogen-bond acceptors (Lipinski definition) is 7. The lowest BCUT2D eigenvalue weighted by Crippen LogP contribution is -2.42. The van der Waals surface area contributed by atoms with Crippen molar-refractivity contribution in [1.29, 1.82) is 5.26 Å². The van der Waals surface area contributed by atoms with Crippen LogP contribution in [0.2, 0.25) is 0 Å². The van der Waals surface area contributed by atoms with E-state index in [9.17, 15) is 20.0 Å². The summed E-state index contributed by atoms with van der Waals surface area (Å²) in [6, 6.07) is 10.1. The minimum atomic E-state index is -0.771. The number of aromatic nitrogens is 4. The zero-order valence-corrected chi connectivity index (χ0v) is 25.9. The maximum absolute atomic E-state index is 14.2. The van der Waals surface area contributed by atoms with E-state index in [1.165, 1.54) is 0 Å². The topological polar surface area (TPSA) is 134 Å². The molecule has 10 nitrogen and oxygen atoms in total. The highest BCUT2D eigenvalue weighted by molar-refractivity contribution is 5.94. The molecule has 5 rings (SSSR count). The number of amides is 1. The molecule has 0 atom stereocenters. The summed E-state index contributed by atoms with van der Waals surface area (Å²) >= 11 is 0. The molecular formula is C34H42N6O4. The molecule has 10 heteroatoms. The predicted molar refractivity (Wildman–Crippen MR) is 166 cm³/mol. The molecule has 3 aromatic heterocycles. The number of ether oxygens (including phenoxy) is 1. The second kappa shape index (κ2) is 14.0. The predicted octanol–water partition coefficient (Wildman–Crippen LogP) is 6.39. The van der Waals surface area contributed by atoms with Gasteiger partial charge < -0.3 is 9.84 Å². The smallest absolute Gasteiger partial charge is 0.303 e. The number of anilines is 1. The van der Waals surface area contributed by atoms with Gasteiger partial charge in [0.1, 0.15) is 11.9 Å². The van der Waals surface area contributed by atoms with Gasteiger partial charge in [0.15, 0.2) is 11.4 Å². The third kappa shape index (κ3) is 7.26. The second-order valence-corrected chi connectivity index (χ2v) is 12.6. The van der Waals surface area contributed by atoms with Gasteiger partial charge in [-0.25, -0.2) is 9.97 Å². The Bertz CT molecular complexity index is 1500. The highest BCUT2D eigenvalue weighted by atomic mass is 16.5. The van der Waals surface area contributed by atoms with Gasteiger partial charge in [0.25, 0.3) is 0 Å². The summed E-state index contributed by atoms with van der Waals surface area (Å²) in [5, 5.41) is 23.2. The fraction of sp³-hybridized carbons (Fsp3) is 0.529. The summed E-state index contributed by atoms with van der Waals surface area (Å²) < 4.78 is 7.19. The molecule has 3 aromatic rings. The quantitative estimate of drug-likeness (QED) is 0.284. The van der Waals surface area contributed by atoms with Crippen LogP contribution in [0, 0.1) is 29.1 Å². The summed E-state index contributed by atoms with van der Waals surface area (Å²) in [4.78, 5) is 36.6. The van der Waals surface area contributed by atoms with E-state index in [2.05, 4.69) is 35.0 Å². The lowest BCUT2D eigenvalue weighted by atomic mass is 9.78. The first-order chi connectivity index (χ1) is 21.2. The van der Waals surface area contributed by atoms with Crippen LogP contribution in [-0.2, 0) is 9.59 Å². The van der Waals surface area contributed by atoms with Crippen LogP contribution >= 0.6 is 0 Å². The first kappa shape index (κ1) is 31.2. The number of rotatable bonds is 10. The number of carbonyl (C=O) groups is 2. The van der Waals surface area contributed by atoms with Crippen LogP contribution in [0.5, 0.6) is 5.75 Å². The van der Waals surface area contributed by atoms with Crippen LogP contribution in [0.15, 0.2) is 42.9 Å². The Labute approximate surface area is 259 Å². The lowest BCUT2D eigenvalue weighted by Gasteiger charge is -2.35. The number of methoxy groups -OCH3 is 1. The SMILES string of the molecule is COc1ccc(C2CCC(CN(C(=O)C3CCC(CC(=O)O)CC3)c3cc(-c4cnn(C(C)C)c4)ccn3)CC2)nc1C#N. The molecule has 0 spiro atoms. The van der Waals surface area contributed by atoms with E-state index < -0.39 is 5.97 Å². The van der Waals surface area contributed by atoms with Gasteiger partial charge in [0.2, 0.25) is 5.91 Å². The Kier molecular flexibility index (Phi) is 9.93. The average Bonchev–Trinajstić information content (AvgIpc) is 3.55. The van der Waals surface area contributed by atoms with Crippen molar-refractivity contribution in [3.63, 3.8) is 0 Å². The summed E-state index contributed by atoms with van der Waals surface area (Å²) in [6.07, 6.45) is 12.4. The molecule has 2 fully saturated rings. The fourth-order valence-corrected chi connectivity index (χ4v) is 6.72. The van der Waals surface area contributed by atoms with Crippen LogP contribution in [-0.4, -0.2) is 50.4 Å². The molecule has 1 N–H and O–H groups in total. The summed E-state index contributed by atoms with van der Waals surface area (Å²) in [5.74, 6) is 1.01. The fourth-order valence-electron chi connectivity index (χ4n) is 6.72. The van der Waals surface area contributed by atoms with Gasteiger partial charge >= 0.3 is 5.97 Å². The van der Waals surface area contributed by atoms with E-state index in [-0.39, 0.29) is 36.1 Å². The van der Waals surface area contributed by atoms with E-state index in [4.69, 9.17) is 4.74 Å². The molecule has 2 saturated carbocycles. The summed E-state index contributed by atoms with van der Waals surface area (Å²) in [5.41, 5.74) is 3.18. The van der Waals surface area contributed by atoms with Gasteiger partial charge in [0, 0.05) is 54.5 Å². The van der Waals surface area contributed by atoms with Crippen molar-refractivity contribution < 1.29 is 19.4 Å². The third-order valence-electron chi connectivity index (χ3n) is 9.32. The molecule has 0 aliphatic heterocycles. The van der Waals surface area contributed by atoms with E-state index in [0.29, 0.717) is 42.6 Å². The van der Waals surface area contributed by atoms with Crippen molar-refractivity contribution in [3.8, 4) is 22.9 Å². The summed E-state index contributed by atoms with van der Waals surface area (Å²) in [6.45, 7) is 4.76. The highest BCUT2D eigenvalue weighted by Gasteiger charge is 2.34. The van der Waals surface area contributed by atoms with Gasteiger partial charge in [-0.1, -0.05) is 0 Å². The van der Waals surface area contributed by atoms with E-state index in [0.717, 1.165) is 55.3 Å². The highest BCUT2D eigenvalue weighted by Crippen LogP contribution is 2.38. The molecule has 0 bridgehead atoms. The normalized spacial score (nSPS) is 21.9. The van der Waals surface area contributed by atoms with Crippen LogP contribution in [0.4, 0.5) is 5.82 Å².